The average Bonchev–Trinajstić information content (AvgIpc) is 3.40. The number of methoxy groups -OCH3 is 3. The molecule has 33 heavy (non-hydrogen) atoms. The third-order valence-corrected chi connectivity index (χ3v) is 5.03. The maximum Gasteiger partial charge on any atom is 0.203 e. The highest BCUT2D eigenvalue weighted by Crippen LogP contribution is 2.43. The highest BCUT2D eigenvalue weighted by Gasteiger charge is 2.21. The molecule has 2 aromatic carbocycles. The molecule has 4 rings (SSSR count). The average molecular weight is 451 g/mol. The number of nitrogens with one attached hydrogen (secondary N) is 2. The zero-order chi connectivity index (χ0) is 23.5. The first-order chi connectivity index (χ1) is 16.0. The van der Waals surface area contributed by atoms with E-state index in [9.17, 15) is 9.65 Å². The molecule has 0 amide bonds. The van der Waals surface area contributed by atoms with Crippen LogP contribution in [0.4, 0.5) is 15.9 Å². The molecular weight excluding hydrogens is 429 g/mol. The maximum atomic E-state index is 14.1. The van der Waals surface area contributed by atoms with Gasteiger partial charge in [-0.15, -0.1) is 0 Å². The minimum Gasteiger partial charge on any atom is -0.493 e. The fraction of sp³-hybridized carbons (Fsp3) is 0.217. The van der Waals surface area contributed by atoms with Crippen molar-refractivity contribution < 1.29 is 23.3 Å². The van der Waals surface area contributed by atoms with Crippen molar-refractivity contribution in [3.8, 4) is 40.3 Å². The van der Waals surface area contributed by atoms with E-state index >= 15 is 0 Å². The molecule has 0 radical (unpaired) electrons. The zero-order valence-electron chi connectivity index (χ0n) is 18.5. The van der Waals surface area contributed by atoms with Crippen LogP contribution < -0.4 is 24.3 Å². The molecule has 2 heterocycles. The number of ether oxygens (including phenoxy) is 4. The second-order valence-electron chi connectivity index (χ2n) is 6.90. The summed E-state index contributed by atoms with van der Waals surface area (Å²) in [4.78, 5) is 3.25. The SMILES string of the molecule is CCOc1cc(Nc2c(-c3cc(OC)c(OC)c(OC)c3)[nH]c3c(C#N)cnn23)ccc1F. The molecule has 9 nitrogen and oxygen atoms in total. The van der Waals surface area contributed by atoms with Crippen LogP contribution in [0.25, 0.3) is 16.9 Å². The molecule has 0 spiro atoms. The molecule has 2 aromatic heterocycles. The Morgan fingerprint density at radius 1 is 1.09 bits per heavy atom. The number of fused-ring (bicyclic) bond motifs is 1. The largest absolute Gasteiger partial charge is 0.493 e. The van der Waals surface area contributed by atoms with Crippen LogP contribution in [0, 0.1) is 17.1 Å². The smallest absolute Gasteiger partial charge is 0.203 e. The molecule has 0 aliphatic rings. The van der Waals surface area contributed by atoms with Crippen molar-refractivity contribution in [2.45, 2.75) is 6.92 Å². The van der Waals surface area contributed by atoms with Crippen LogP contribution in [0.2, 0.25) is 0 Å². The lowest BCUT2D eigenvalue weighted by atomic mass is 10.1. The van der Waals surface area contributed by atoms with Gasteiger partial charge < -0.3 is 29.2 Å². The van der Waals surface area contributed by atoms with Crippen molar-refractivity contribution in [2.24, 2.45) is 0 Å². The van der Waals surface area contributed by atoms with E-state index in [1.807, 2.05) is 0 Å². The van der Waals surface area contributed by atoms with Crippen molar-refractivity contribution in [2.75, 3.05) is 33.3 Å². The number of hydrogen-bond donors (Lipinski definition) is 2. The maximum absolute atomic E-state index is 14.1. The van der Waals surface area contributed by atoms with Gasteiger partial charge in [-0.05, 0) is 31.2 Å². The molecule has 0 aliphatic heterocycles. The van der Waals surface area contributed by atoms with E-state index in [1.165, 1.54) is 33.6 Å². The molecule has 0 aliphatic carbocycles. The van der Waals surface area contributed by atoms with Crippen LogP contribution in [0.3, 0.4) is 0 Å². The molecule has 10 heteroatoms. The molecule has 0 atom stereocenters. The van der Waals surface area contributed by atoms with Crippen molar-refractivity contribution in [1.82, 2.24) is 14.6 Å². The Morgan fingerprint density at radius 3 is 2.42 bits per heavy atom. The zero-order valence-corrected chi connectivity index (χ0v) is 18.5. The standard InChI is InChI=1S/C23H22FN5O4/c1-5-33-17-10-15(6-7-16(17)24)27-23-20(28-22-14(11-25)12-26-29(22)23)13-8-18(30-2)21(32-4)19(9-13)31-3/h6-10,12,27-28H,5H2,1-4H3. The minimum atomic E-state index is -0.461. The Labute approximate surface area is 189 Å². The van der Waals surface area contributed by atoms with Crippen LogP contribution in [0.15, 0.2) is 36.5 Å². The predicted molar refractivity (Wildman–Crippen MR) is 120 cm³/mol. The summed E-state index contributed by atoms with van der Waals surface area (Å²) in [6.45, 7) is 2.11. The van der Waals surface area contributed by atoms with Gasteiger partial charge in [0.05, 0.1) is 39.8 Å². The minimum absolute atomic E-state index is 0.127. The van der Waals surface area contributed by atoms with Gasteiger partial charge in [-0.2, -0.15) is 14.9 Å². The van der Waals surface area contributed by atoms with Crippen molar-refractivity contribution in [3.63, 3.8) is 0 Å². The molecule has 0 bridgehead atoms. The van der Waals surface area contributed by atoms with Crippen LogP contribution in [-0.2, 0) is 0 Å². The highest BCUT2D eigenvalue weighted by atomic mass is 19.1. The first-order valence-corrected chi connectivity index (χ1v) is 10.0. The Hall–Kier alpha value is -4.39. The Balaban J connectivity index is 1.90. The second kappa shape index (κ2) is 9.00. The summed E-state index contributed by atoms with van der Waals surface area (Å²) in [6, 6.07) is 10.1. The third-order valence-electron chi connectivity index (χ3n) is 5.03. The first-order valence-electron chi connectivity index (χ1n) is 10.0. The van der Waals surface area contributed by atoms with Crippen molar-refractivity contribution in [3.05, 3.63) is 47.9 Å². The molecule has 4 aromatic rings. The van der Waals surface area contributed by atoms with Gasteiger partial charge in [-0.1, -0.05) is 0 Å². The van der Waals surface area contributed by atoms with Gasteiger partial charge in [-0.25, -0.2) is 4.39 Å². The van der Waals surface area contributed by atoms with Gasteiger partial charge in [0.25, 0.3) is 0 Å². The molecule has 0 saturated heterocycles. The number of nitrogens with zero attached hydrogens (tertiary/aromatic N) is 3. The molecule has 0 fully saturated rings. The molecule has 2 N–H and O–H groups in total. The van der Waals surface area contributed by atoms with Gasteiger partial charge in [0.15, 0.2) is 34.5 Å². The summed E-state index contributed by atoms with van der Waals surface area (Å²) in [5.74, 6) is 1.57. The van der Waals surface area contributed by atoms with Gasteiger partial charge in [-0.3, -0.25) is 0 Å². The fourth-order valence-electron chi connectivity index (χ4n) is 3.54. The normalized spacial score (nSPS) is 10.7. The third kappa shape index (κ3) is 3.85. The number of aromatic amines is 1. The monoisotopic (exact) mass is 451 g/mol. The topological polar surface area (TPSA) is 106 Å². The van der Waals surface area contributed by atoms with Crippen LogP contribution in [0.1, 0.15) is 12.5 Å². The number of rotatable bonds is 8. The molecule has 0 unspecified atom stereocenters. The lowest BCUT2D eigenvalue weighted by molar-refractivity contribution is 0.322. The number of aromatic nitrogens is 3. The summed E-state index contributed by atoms with van der Waals surface area (Å²) < 4.78 is 37.4. The lowest BCUT2D eigenvalue weighted by Crippen LogP contribution is -2.01. The van der Waals surface area contributed by atoms with Gasteiger partial charge in [0.2, 0.25) is 5.75 Å². The summed E-state index contributed by atoms with van der Waals surface area (Å²) >= 11 is 0. The Morgan fingerprint density at radius 2 is 1.82 bits per heavy atom. The second-order valence-corrected chi connectivity index (χ2v) is 6.90. The number of benzene rings is 2. The number of nitriles is 1. The number of anilines is 2. The lowest BCUT2D eigenvalue weighted by Gasteiger charge is -2.15. The van der Waals surface area contributed by atoms with E-state index in [2.05, 4.69) is 21.5 Å². The summed E-state index contributed by atoms with van der Waals surface area (Å²) in [6.07, 6.45) is 1.46. The molecular formula is C23H22FN5O4. The van der Waals surface area contributed by atoms with Gasteiger partial charge in [0.1, 0.15) is 11.6 Å². The van der Waals surface area contributed by atoms with E-state index in [0.29, 0.717) is 57.8 Å². The predicted octanol–water partition coefficient (Wildman–Crippen LogP) is 4.51. The van der Waals surface area contributed by atoms with E-state index in [1.54, 1.807) is 35.7 Å². The van der Waals surface area contributed by atoms with E-state index in [4.69, 9.17) is 18.9 Å². The number of hydrogen-bond acceptors (Lipinski definition) is 7. The van der Waals surface area contributed by atoms with Crippen molar-refractivity contribution in [1.29, 1.82) is 5.26 Å². The Kier molecular flexibility index (Phi) is 5.95. The summed E-state index contributed by atoms with van der Waals surface area (Å²) in [5, 5.41) is 17.1. The van der Waals surface area contributed by atoms with Crippen LogP contribution in [-0.4, -0.2) is 42.5 Å². The van der Waals surface area contributed by atoms with Crippen LogP contribution in [0.5, 0.6) is 23.0 Å². The van der Waals surface area contributed by atoms with Gasteiger partial charge in [0, 0.05) is 17.3 Å². The van der Waals surface area contributed by atoms with Gasteiger partial charge >= 0.3 is 0 Å². The fourth-order valence-corrected chi connectivity index (χ4v) is 3.54. The summed E-state index contributed by atoms with van der Waals surface area (Å²) in [7, 11) is 4.59. The Bertz CT molecular complexity index is 1330. The van der Waals surface area contributed by atoms with E-state index in [0.717, 1.165) is 0 Å². The highest BCUT2D eigenvalue weighted by molar-refractivity contribution is 5.83. The molecule has 0 saturated carbocycles. The van der Waals surface area contributed by atoms with Crippen LogP contribution >= 0.6 is 0 Å². The number of halogens is 1. The first kappa shape index (κ1) is 21.8. The quantitative estimate of drug-likeness (QED) is 0.406. The number of H-pyrrole nitrogens is 1. The number of imidazole rings is 1. The van der Waals surface area contributed by atoms with Crippen molar-refractivity contribution >= 4 is 17.2 Å². The van der Waals surface area contributed by atoms with E-state index in [-0.39, 0.29) is 5.75 Å². The van der Waals surface area contributed by atoms with E-state index < -0.39 is 5.82 Å². The summed E-state index contributed by atoms with van der Waals surface area (Å²) in [5.41, 5.74) is 2.73. The molecule has 170 valence electrons.